The summed E-state index contributed by atoms with van der Waals surface area (Å²) in [5, 5.41) is 0. The number of hydrogen-bond donors (Lipinski definition) is 0. The highest BCUT2D eigenvalue weighted by Gasteiger charge is 2.49. The summed E-state index contributed by atoms with van der Waals surface area (Å²) in [4.78, 5) is 5.36. The molecule has 2 aliphatic rings. The molecule has 1 unspecified atom stereocenters. The normalized spacial score (nSPS) is 17.6. The minimum atomic E-state index is -0.414. The van der Waals surface area contributed by atoms with Crippen LogP contribution in [0.25, 0.3) is 22.3 Å². The van der Waals surface area contributed by atoms with E-state index in [0.717, 1.165) is 6.42 Å². The highest BCUT2D eigenvalue weighted by Crippen LogP contribution is 2.64. The fraction of sp³-hybridized carbons (Fsp3) is 0.105. The minimum Gasteiger partial charge on any atom is -0.0898 e. The van der Waals surface area contributed by atoms with Gasteiger partial charge in [0, 0.05) is 19.6 Å². The van der Waals surface area contributed by atoms with Gasteiger partial charge in [-0.2, -0.15) is 0 Å². The Labute approximate surface area is 245 Å². The number of benzene rings is 5. The van der Waals surface area contributed by atoms with Crippen LogP contribution >= 0.6 is 23.5 Å². The van der Waals surface area contributed by atoms with Crippen molar-refractivity contribution in [1.82, 2.24) is 0 Å². The van der Waals surface area contributed by atoms with Crippen molar-refractivity contribution >= 4 is 23.5 Å². The second kappa shape index (κ2) is 10.4. The second-order valence-corrected chi connectivity index (χ2v) is 12.5. The lowest BCUT2D eigenvalue weighted by Gasteiger charge is -2.47. The maximum absolute atomic E-state index is 2.39. The zero-order valence-corrected chi connectivity index (χ0v) is 24.4. The van der Waals surface area contributed by atoms with Gasteiger partial charge in [-0.3, -0.25) is 0 Å². The predicted molar refractivity (Wildman–Crippen MR) is 172 cm³/mol. The molecule has 0 aromatic heterocycles. The average molecular weight is 551 g/mol. The molecule has 1 atom stereocenters. The van der Waals surface area contributed by atoms with Crippen LogP contribution in [0.4, 0.5) is 0 Å². The SMILES string of the molecule is CC/C=C\C1=C(C)C2(c3ccccc3S1)c1cccc(-c3ccccc3)c1Sc1cccc(-c3ccccc3)c12. The molecule has 0 N–H and O–H groups in total. The van der Waals surface area contributed by atoms with Gasteiger partial charge in [-0.15, -0.1) is 0 Å². The van der Waals surface area contributed by atoms with E-state index >= 15 is 0 Å². The van der Waals surface area contributed by atoms with Gasteiger partial charge in [0.25, 0.3) is 0 Å². The molecule has 40 heavy (non-hydrogen) atoms. The number of fused-ring (bicyclic) bond motifs is 6. The summed E-state index contributed by atoms with van der Waals surface area (Å²) in [6.45, 7) is 4.59. The molecule has 0 saturated heterocycles. The van der Waals surface area contributed by atoms with Crippen molar-refractivity contribution in [3.8, 4) is 22.3 Å². The predicted octanol–water partition coefficient (Wildman–Crippen LogP) is 11.2. The largest absolute Gasteiger partial charge is 0.0898 e. The number of hydrogen-bond acceptors (Lipinski definition) is 2. The van der Waals surface area contributed by atoms with Crippen LogP contribution in [0, 0.1) is 0 Å². The van der Waals surface area contributed by atoms with Crippen LogP contribution < -0.4 is 0 Å². The maximum Gasteiger partial charge on any atom is 0.0711 e. The second-order valence-electron chi connectivity index (χ2n) is 10.3. The Morgan fingerprint density at radius 1 is 0.600 bits per heavy atom. The molecule has 2 aliphatic heterocycles. The molecular weight excluding hydrogens is 521 g/mol. The zero-order valence-electron chi connectivity index (χ0n) is 22.7. The van der Waals surface area contributed by atoms with Gasteiger partial charge in [0.1, 0.15) is 0 Å². The van der Waals surface area contributed by atoms with E-state index < -0.39 is 5.41 Å². The van der Waals surface area contributed by atoms with Crippen molar-refractivity contribution in [2.75, 3.05) is 0 Å². The number of allylic oxidation sites excluding steroid dienone is 3. The Balaban J connectivity index is 1.66. The molecular formula is C38H30S2. The van der Waals surface area contributed by atoms with E-state index in [1.54, 1.807) is 0 Å². The summed E-state index contributed by atoms with van der Waals surface area (Å²) < 4.78 is 0. The molecule has 2 heteroatoms. The van der Waals surface area contributed by atoms with E-state index in [9.17, 15) is 0 Å². The monoisotopic (exact) mass is 550 g/mol. The van der Waals surface area contributed by atoms with Crippen LogP contribution in [0.3, 0.4) is 0 Å². The lowest BCUT2D eigenvalue weighted by molar-refractivity contribution is 0.668. The smallest absolute Gasteiger partial charge is 0.0711 e. The zero-order chi connectivity index (χ0) is 27.1. The summed E-state index contributed by atoms with van der Waals surface area (Å²) in [7, 11) is 0. The van der Waals surface area contributed by atoms with Crippen LogP contribution in [-0.2, 0) is 5.41 Å². The molecule has 0 amide bonds. The van der Waals surface area contributed by atoms with Crippen molar-refractivity contribution in [3.05, 3.63) is 161 Å². The van der Waals surface area contributed by atoms with E-state index in [-0.39, 0.29) is 0 Å². The molecule has 0 bridgehead atoms. The van der Waals surface area contributed by atoms with Crippen molar-refractivity contribution in [2.24, 2.45) is 0 Å². The van der Waals surface area contributed by atoms with Gasteiger partial charge in [-0.25, -0.2) is 0 Å². The van der Waals surface area contributed by atoms with Crippen LogP contribution in [0.5, 0.6) is 0 Å². The van der Waals surface area contributed by atoms with E-state index in [4.69, 9.17) is 0 Å². The molecule has 0 radical (unpaired) electrons. The highest BCUT2D eigenvalue weighted by atomic mass is 32.2. The van der Waals surface area contributed by atoms with Crippen molar-refractivity contribution < 1.29 is 0 Å². The molecule has 0 fully saturated rings. The summed E-state index contributed by atoms with van der Waals surface area (Å²) in [5.74, 6) is 0. The first-order valence-corrected chi connectivity index (χ1v) is 15.6. The van der Waals surface area contributed by atoms with Gasteiger partial charge in [0.05, 0.1) is 5.41 Å². The van der Waals surface area contributed by atoms with E-state index in [0.29, 0.717) is 0 Å². The quantitative estimate of drug-likeness (QED) is 0.218. The standard InChI is InChI=1S/C38H30S2/c1-3-4-23-33-26(2)38(31-21-11-12-24-34(31)39-33)32-22-13-20-30(28-17-9-6-10-18-28)37(32)40-35-25-14-19-29(36(35)38)27-15-7-5-8-16-27/h4-25H,3H2,1-2H3/b23-4-. The third-order valence-corrected chi connectivity index (χ3v) is 10.6. The first kappa shape index (κ1) is 25.3. The fourth-order valence-corrected chi connectivity index (χ4v) is 8.94. The topological polar surface area (TPSA) is 0 Å². The molecule has 0 aliphatic carbocycles. The van der Waals surface area contributed by atoms with Crippen LogP contribution in [0.1, 0.15) is 37.0 Å². The third kappa shape index (κ3) is 3.85. The minimum absolute atomic E-state index is 0.414. The van der Waals surface area contributed by atoms with Gasteiger partial charge < -0.3 is 0 Å². The molecule has 5 aromatic carbocycles. The van der Waals surface area contributed by atoms with Crippen LogP contribution in [0.2, 0.25) is 0 Å². The van der Waals surface area contributed by atoms with Gasteiger partial charge in [-0.05, 0) is 70.0 Å². The average Bonchev–Trinajstić information content (AvgIpc) is 3.02. The summed E-state index contributed by atoms with van der Waals surface area (Å²) in [5.41, 5.74) is 10.3. The molecule has 5 aromatic rings. The van der Waals surface area contributed by atoms with Crippen molar-refractivity contribution in [3.63, 3.8) is 0 Å². The molecule has 1 spiro atoms. The maximum atomic E-state index is 2.39. The highest BCUT2D eigenvalue weighted by molar-refractivity contribution is 8.03. The Morgan fingerprint density at radius 2 is 1.20 bits per heavy atom. The van der Waals surface area contributed by atoms with Crippen LogP contribution in [-0.4, -0.2) is 0 Å². The first-order chi connectivity index (χ1) is 19.7. The summed E-state index contributed by atoms with van der Waals surface area (Å²) in [6, 6.07) is 44.7. The van der Waals surface area contributed by atoms with E-state index in [2.05, 4.69) is 147 Å². The Bertz CT molecular complexity index is 1780. The molecule has 194 valence electrons. The van der Waals surface area contributed by atoms with Gasteiger partial charge >= 0.3 is 0 Å². The molecule has 7 rings (SSSR count). The third-order valence-electron chi connectivity index (χ3n) is 8.15. The van der Waals surface area contributed by atoms with Gasteiger partial charge in [0.2, 0.25) is 0 Å². The van der Waals surface area contributed by atoms with Crippen molar-refractivity contribution in [1.29, 1.82) is 0 Å². The van der Waals surface area contributed by atoms with Crippen molar-refractivity contribution in [2.45, 2.75) is 40.4 Å². The molecule has 0 saturated carbocycles. The Hall–Kier alpha value is -3.72. The van der Waals surface area contributed by atoms with Gasteiger partial charge in [0.15, 0.2) is 0 Å². The Kier molecular flexibility index (Phi) is 6.54. The summed E-state index contributed by atoms with van der Waals surface area (Å²) >= 11 is 3.84. The number of rotatable bonds is 4. The lowest BCUT2D eigenvalue weighted by Crippen LogP contribution is -2.37. The van der Waals surface area contributed by atoms with Gasteiger partial charge in [-0.1, -0.05) is 152 Å². The molecule has 0 nitrogen and oxygen atoms in total. The summed E-state index contributed by atoms with van der Waals surface area (Å²) in [6.07, 6.45) is 5.67. The number of thioether (sulfide) groups is 1. The Morgan fingerprint density at radius 3 is 1.95 bits per heavy atom. The van der Waals surface area contributed by atoms with Crippen LogP contribution in [0.15, 0.2) is 159 Å². The lowest BCUT2D eigenvalue weighted by atomic mass is 9.62. The molecule has 2 heterocycles. The van der Waals surface area contributed by atoms with E-state index in [1.807, 2.05) is 23.5 Å². The van der Waals surface area contributed by atoms with E-state index in [1.165, 1.54) is 64.1 Å². The first-order valence-electron chi connectivity index (χ1n) is 13.9. The fourth-order valence-electron chi connectivity index (χ4n) is 6.39.